The Balaban J connectivity index is 0.00000226. The molecule has 1 fully saturated rings. The third kappa shape index (κ3) is 6.65. The van der Waals surface area contributed by atoms with Crippen LogP contribution in [0.2, 0.25) is 0 Å². The lowest BCUT2D eigenvalue weighted by molar-refractivity contribution is -0.137. The minimum Gasteiger partial charge on any atom is -0.475 e. The largest absolute Gasteiger partial charge is 0.475 e. The molecule has 2 aliphatic heterocycles. The van der Waals surface area contributed by atoms with E-state index in [4.69, 9.17) is 15.2 Å². The number of pyridine rings is 2. The second-order valence-corrected chi connectivity index (χ2v) is 10.6. The van der Waals surface area contributed by atoms with Crippen molar-refractivity contribution in [1.82, 2.24) is 24.8 Å². The molecule has 0 bridgehead atoms. The molecule has 0 spiro atoms. The second-order valence-electron chi connectivity index (χ2n) is 10.6. The van der Waals surface area contributed by atoms with Crippen molar-refractivity contribution in [2.75, 3.05) is 50.0 Å². The maximum absolute atomic E-state index is 16.3. The number of likely N-dealkylation sites (N-methyl/N-ethyl adjacent to an activating group) is 1. The molecule has 45 heavy (non-hydrogen) atoms. The Morgan fingerprint density at radius 1 is 1.16 bits per heavy atom. The summed E-state index contributed by atoms with van der Waals surface area (Å²) in [5.41, 5.74) is 1.23. The Labute approximate surface area is 255 Å². The van der Waals surface area contributed by atoms with Crippen molar-refractivity contribution in [2.45, 2.75) is 71.8 Å². The Kier molecular flexibility index (Phi) is 10.1. The zero-order valence-corrected chi connectivity index (χ0v) is 25.6. The summed E-state index contributed by atoms with van der Waals surface area (Å²) in [4.78, 5) is 19.3. The molecule has 2 atom stereocenters. The van der Waals surface area contributed by atoms with E-state index in [9.17, 15) is 26.3 Å². The van der Waals surface area contributed by atoms with Crippen LogP contribution in [0.5, 0.6) is 11.9 Å². The van der Waals surface area contributed by atoms with Crippen molar-refractivity contribution < 1.29 is 40.2 Å². The van der Waals surface area contributed by atoms with Crippen molar-refractivity contribution in [1.29, 1.82) is 0 Å². The first-order chi connectivity index (χ1) is 21.3. The molecule has 0 saturated carbocycles. The van der Waals surface area contributed by atoms with Gasteiger partial charge in [-0.2, -0.15) is 23.1 Å². The molecular formula is C29H36F7N7O2. The van der Waals surface area contributed by atoms with E-state index in [1.165, 1.54) is 0 Å². The Hall–Kier alpha value is -3.69. The van der Waals surface area contributed by atoms with E-state index in [1.807, 2.05) is 32.6 Å². The predicted octanol–water partition coefficient (Wildman–Crippen LogP) is 6.22. The van der Waals surface area contributed by atoms with Crippen molar-refractivity contribution in [3.05, 3.63) is 23.1 Å². The molecular weight excluding hydrogens is 611 g/mol. The summed E-state index contributed by atoms with van der Waals surface area (Å²) in [5, 5.41) is -0.205. The van der Waals surface area contributed by atoms with Gasteiger partial charge in [0.25, 0.3) is 6.43 Å². The van der Waals surface area contributed by atoms with Crippen molar-refractivity contribution in [3.63, 3.8) is 0 Å². The third-order valence-electron chi connectivity index (χ3n) is 7.93. The summed E-state index contributed by atoms with van der Waals surface area (Å²) in [5.74, 6) is -2.13. The molecule has 5 heterocycles. The average molecular weight is 648 g/mol. The van der Waals surface area contributed by atoms with Crippen LogP contribution in [0.1, 0.15) is 51.8 Å². The van der Waals surface area contributed by atoms with Gasteiger partial charge in [0.2, 0.25) is 5.88 Å². The summed E-state index contributed by atoms with van der Waals surface area (Å²) in [7, 11) is 0. The highest BCUT2D eigenvalue weighted by atomic mass is 19.4. The van der Waals surface area contributed by atoms with Crippen LogP contribution in [0.4, 0.5) is 42.4 Å². The smallest absolute Gasteiger partial charge is 0.418 e. The fourth-order valence-corrected chi connectivity index (χ4v) is 5.95. The van der Waals surface area contributed by atoms with Gasteiger partial charge in [0.1, 0.15) is 47.6 Å². The minimum absolute atomic E-state index is 0.0984. The first kappa shape index (κ1) is 34.2. The van der Waals surface area contributed by atoms with Gasteiger partial charge in [-0.15, -0.1) is 0 Å². The van der Waals surface area contributed by atoms with Gasteiger partial charge in [-0.3, -0.25) is 4.90 Å². The molecule has 3 aromatic heterocycles. The van der Waals surface area contributed by atoms with Crippen LogP contribution in [0.15, 0.2) is 6.07 Å². The van der Waals surface area contributed by atoms with E-state index in [0.29, 0.717) is 13.0 Å². The standard InChI is InChI=1S/C27H30F7N7O2.C2H6/c1-4-26(9-14(28)10-41(26)5-2)12-43-25-38-22-18-23(39-25)40(11-16(29)30)6-7-42-24(18)37-21(20(22)31)15-8-17(35)36-13(3)19(15)27(32,33)34;1-2/h8,14,16H,4-7,9-12H2,1-3H3,(H2,35,36);1-2H3/t14?,26-;/m0./s1. The average Bonchev–Trinajstić information content (AvgIpc) is 3.21. The highest BCUT2D eigenvalue weighted by Gasteiger charge is 2.45. The van der Waals surface area contributed by atoms with Crippen LogP contribution in [-0.2, 0) is 6.18 Å². The van der Waals surface area contributed by atoms with Gasteiger partial charge >= 0.3 is 12.2 Å². The van der Waals surface area contributed by atoms with E-state index in [-0.39, 0.29) is 55.6 Å². The van der Waals surface area contributed by atoms with E-state index >= 15 is 4.39 Å². The Bertz CT molecular complexity index is 1530. The van der Waals surface area contributed by atoms with Crippen LogP contribution in [0, 0.1) is 12.7 Å². The number of ether oxygens (including phenoxy) is 2. The van der Waals surface area contributed by atoms with Gasteiger partial charge in [0.05, 0.1) is 29.9 Å². The highest BCUT2D eigenvalue weighted by molar-refractivity contribution is 5.97. The number of alkyl halides is 6. The minimum atomic E-state index is -4.95. The van der Waals surface area contributed by atoms with Gasteiger partial charge < -0.3 is 20.1 Å². The highest BCUT2D eigenvalue weighted by Crippen LogP contribution is 2.44. The number of nitrogens with zero attached hydrogens (tertiary/aromatic N) is 6. The number of nitrogen functional groups attached to an aromatic ring is 1. The SMILES string of the molecule is CC.CCN1CC(F)C[C@@]1(CC)COc1nc2c3c(nc(-c4cc(N)nc(C)c4C(F)(F)F)c(F)c3n1)OCCN2CC(F)F. The first-order valence-corrected chi connectivity index (χ1v) is 14.7. The molecule has 1 unspecified atom stereocenters. The Morgan fingerprint density at radius 3 is 2.49 bits per heavy atom. The number of anilines is 2. The number of aromatic nitrogens is 4. The first-order valence-electron chi connectivity index (χ1n) is 14.7. The van der Waals surface area contributed by atoms with Gasteiger partial charge in [0, 0.05) is 18.5 Å². The number of rotatable bonds is 8. The molecule has 3 aromatic rings. The Morgan fingerprint density at radius 2 is 1.87 bits per heavy atom. The van der Waals surface area contributed by atoms with Crippen LogP contribution >= 0.6 is 0 Å². The van der Waals surface area contributed by atoms with Crippen LogP contribution in [0.3, 0.4) is 0 Å². The second kappa shape index (κ2) is 13.3. The number of hydrogen-bond donors (Lipinski definition) is 1. The molecule has 0 aliphatic carbocycles. The zero-order chi connectivity index (χ0) is 33.3. The van der Waals surface area contributed by atoms with Gasteiger partial charge in [0.15, 0.2) is 5.82 Å². The van der Waals surface area contributed by atoms with E-state index in [2.05, 4.69) is 19.9 Å². The van der Waals surface area contributed by atoms with Crippen molar-refractivity contribution in [3.8, 4) is 23.1 Å². The summed E-state index contributed by atoms with van der Waals surface area (Å²) in [6.07, 6.45) is -8.20. The number of hydrogen-bond acceptors (Lipinski definition) is 9. The summed E-state index contributed by atoms with van der Waals surface area (Å²) < 4.78 is 112. The molecule has 0 radical (unpaired) electrons. The summed E-state index contributed by atoms with van der Waals surface area (Å²) in [6.45, 7) is 8.31. The molecule has 248 valence electrons. The maximum atomic E-state index is 16.3. The van der Waals surface area contributed by atoms with Crippen LogP contribution in [-0.4, -0.2) is 82.4 Å². The molecule has 5 rings (SSSR count). The summed E-state index contributed by atoms with van der Waals surface area (Å²) in [6, 6.07) is 0.426. The molecule has 0 aromatic carbocycles. The lowest BCUT2D eigenvalue weighted by atomic mass is 9.93. The monoisotopic (exact) mass is 647 g/mol. The maximum Gasteiger partial charge on any atom is 0.418 e. The lowest BCUT2D eigenvalue weighted by Crippen LogP contribution is -2.48. The normalized spacial score (nSPS) is 20.2. The third-order valence-corrected chi connectivity index (χ3v) is 7.93. The van der Waals surface area contributed by atoms with Gasteiger partial charge in [-0.05, 0) is 26.0 Å². The van der Waals surface area contributed by atoms with Crippen molar-refractivity contribution >= 4 is 22.5 Å². The van der Waals surface area contributed by atoms with Crippen molar-refractivity contribution in [2.24, 2.45) is 0 Å². The molecule has 16 heteroatoms. The fourth-order valence-electron chi connectivity index (χ4n) is 5.95. The zero-order valence-electron chi connectivity index (χ0n) is 25.6. The van der Waals surface area contributed by atoms with E-state index in [1.54, 1.807) is 0 Å². The predicted molar refractivity (Wildman–Crippen MR) is 155 cm³/mol. The number of halogens is 7. The molecule has 2 aliphatic rings. The quantitative estimate of drug-likeness (QED) is 0.286. The number of likely N-dealkylation sites (tertiary alicyclic amines) is 1. The number of nitrogens with two attached hydrogens (primary N) is 1. The lowest BCUT2D eigenvalue weighted by Gasteiger charge is -2.36. The van der Waals surface area contributed by atoms with Gasteiger partial charge in [-0.25, -0.2) is 27.5 Å². The van der Waals surface area contributed by atoms with E-state index in [0.717, 1.165) is 17.9 Å². The fraction of sp³-hybridized carbons (Fsp3) is 0.586. The van der Waals surface area contributed by atoms with Crippen LogP contribution in [0.25, 0.3) is 22.2 Å². The van der Waals surface area contributed by atoms with Crippen LogP contribution < -0.4 is 20.1 Å². The van der Waals surface area contributed by atoms with E-state index < -0.39 is 70.7 Å². The molecule has 2 N–H and O–H groups in total. The summed E-state index contributed by atoms with van der Waals surface area (Å²) >= 11 is 0. The number of aryl methyl sites for hydroxylation is 1. The topological polar surface area (TPSA) is 103 Å². The molecule has 1 saturated heterocycles. The van der Waals surface area contributed by atoms with Gasteiger partial charge in [-0.1, -0.05) is 27.7 Å². The molecule has 9 nitrogen and oxygen atoms in total. The molecule has 0 amide bonds.